The Morgan fingerprint density at radius 3 is 2.47 bits per heavy atom. The lowest BCUT2D eigenvalue weighted by Crippen LogP contribution is -2.35. The van der Waals surface area contributed by atoms with Crippen LogP contribution in [-0.4, -0.2) is 35.0 Å². The highest BCUT2D eigenvalue weighted by molar-refractivity contribution is 7.14. The van der Waals surface area contributed by atoms with Crippen LogP contribution in [0.15, 0.2) is 6.07 Å². The van der Waals surface area contributed by atoms with E-state index in [1.807, 2.05) is 26.8 Å². The molecule has 0 radical (unpaired) electrons. The van der Waals surface area contributed by atoms with E-state index in [-0.39, 0.29) is 12.5 Å². The monoisotopic (exact) mass is 255 g/mol. The lowest BCUT2D eigenvalue weighted by molar-refractivity contribution is -0.137. The molecule has 0 saturated heterocycles. The van der Waals surface area contributed by atoms with E-state index < -0.39 is 5.97 Å². The molecule has 94 valence electrons. The van der Waals surface area contributed by atoms with Crippen molar-refractivity contribution in [3.63, 3.8) is 0 Å². The molecule has 1 amide bonds. The molecule has 0 aliphatic heterocycles. The molecule has 1 aromatic heterocycles. The second-order valence-electron chi connectivity index (χ2n) is 3.97. The zero-order valence-electron chi connectivity index (χ0n) is 10.3. The van der Waals surface area contributed by atoms with Gasteiger partial charge < -0.3 is 10.0 Å². The Balaban J connectivity index is 2.87. The maximum Gasteiger partial charge on any atom is 0.323 e. The van der Waals surface area contributed by atoms with Crippen LogP contribution in [0.4, 0.5) is 0 Å². The van der Waals surface area contributed by atoms with E-state index in [4.69, 9.17) is 5.11 Å². The average Bonchev–Trinajstić information content (AvgIpc) is 2.57. The van der Waals surface area contributed by atoms with Crippen LogP contribution in [0.25, 0.3) is 0 Å². The molecule has 0 aliphatic carbocycles. The fourth-order valence-electron chi connectivity index (χ4n) is 1.52. The smallest absolute Gasteiger partial charge is 0.323 e. The average molecular weight is 255 g/mol. The molecule has 0 unspecified atom stereocenters. The van der Waals surface area contributed by atoms with Crippen molar-refractivity contribution < 1.29 is 14.7 Å². The molecular formula is C12H17NO3S. The number of carboxylic acids is 1. The van der Waals surface area contributed by atoms with Gasteiger partial charge in [-0.25, -0.2) is 0 Å². The molecule has 0 bridgehead atoms. The maximum absolute atomic E-state index is 12.1. The molecule has 17 heavy (non-hydrogen) atoms. The summed E-state index contributed by atoms with van der Waals surface area (Å²) < 4.78 is 0. The highest BCUT2D eigenvalue weighted by Gasteiger charge is 2.19. The molecule has 1 heterocycles. The lowest BCUT2D eigenvalue weighted by atomic mass is 10.2. The summed E-state index contributed by atoms with van der Waals surface area (Å²) in [5.41, 5.74) is 1.07. The highest BCUT2D eigenvalue weighted by atomic mass is 32.1. The minimum atomic E-state index is -0.975. The van der Waals surface area contributed by atoms with Gasteiger partial charge in [-0.1, -0.05) is 6.92 Å². The molecule has 5 heteroatoms. The van der Waals surface area contributed by atoms with Crippen LogP contribution in [-0.2, 0) is 4.79 Å². The number of thiophene rings is 1. The molecule has 1 rings (SSSR count). The standard InChI is InChI=1S/C12H17NO3S/c1-4-5-13(7-11(14)15)12(16)10-6-8(2)9(3)17-10/h6H,4-5,7H2,1-3H3,(H,14,15). The Labute approximate surface area is 105 Å². The van der Waals surface area contributed by atoms with Crippen LogP contribution < -0.4 is 0 Å². The summed E-state index contributed by atoms with van der Waals surface area (Å²) in [6, 6.07) is 1.83. The first-order valence-electron chi connectivity index (χ1n) is 5.53. The molecule has 1 N–H and O–H groups in total. The van der Waals surface area contributed by atoms with Crippen LogP contribution in [0, 0.1) is 13.8 Å². The van der Waals surface area contributed by atoms with Gasteiger partial charge in [0.15, 0.2) is 0 Å². The second kappa shape index (κ2) is 5.82. The predicted octanol–water partition coefficient (Wildman–Crippen LogP) is 2.30. The Kier molecular flexibility index (Phi) is 4.69. The summed E-state index contributed by atoms with van der Waals surface area (Å²) in [7, 11) is 0. The van der Waals surface area contributed by atoms with Crippen LogP contribution in [0.5, 0.6) is 0 Å². The Bertz CT molecular complexity index is 406. The third-order valence-electron chi connectivity index (χ3n) is 2.48. The van der Waals surface area contributed by atoms with E-state index in [1.165, 1.54) is 16.2 Å². The largest absolute Gasteiger partial charge is 0.480 e. The summed E-state index contributed by atoms with van der Waals surface area (Å²) in [6.07, 6.45) is 0.752. The van der Waals surface area contributed by atoms with Crippen molar-refractivity contribution in [2.75, 3.05) is 13.1 Å². The molecule has 0 spiro atoms. The second-order valence-corrected chi connectivity index (χ2v) is 5.23. The van der Waals surface area contributed by atoms with Gasteiger partial charge in [0, 0.05) is 11.4 Å². The summed E-state index contributed by atoms with van der Waals surface area (Å²) in [5, 5.41) is 8.78. The van der Waals surface area contributed by atoms with Crippen LogP contribution in [0.2, 0.25) is 0 Å². The molecule has 0 atom stereocenters. The topological polar surface area (TPSA) is 57.6 Å². The van der Waals surface area contributed by atoms with Crippen molar-refractivity contribution in [3.05, 3.63) is 21.4 Å². The van der Waals surface area contributed by atoms with E-state index in [0.29, 0.717) is 11.4 Å². The van der Waals surface area contributed by atoms with E-state index in [0.717, 1.165) is 16.9 Å². The number of carboxylic acid groups (broad SMARTS) is 1. The number of aryl methyl sites for hydroxylation is 2. The van der Waals surface area contributed by atoms with Crippen molar-refractivity contribution in [3.8, 4) is 0 Å². The fourth-order valence-corrected chi connectivity index (χ4v) is 2.52. The molecule has 0 aliphatic rings. The van der Waals surface area contributed by atoms with Gasteiger partial charge in [0.1, 0.15) is 6.54 Å². The zero-order chi connectivity index (χ0) is 13.0. The van der Waals surface area contributed by atoms with Crippen LogP contribution in [0.1, 0.15) is 33.5 Å². The number of nitrogens with zero attached hydrogens (tertiary/aromatic N) is 1. The van der Waals surface area contributed by atoms with Gasteiger partial charge >= 0.3 is 5.97 Å². The Morgan fingerprint density at radius 1 is 1.41 bits per heavy atom. The maximum atomic E-state index is 12.1. The fraction of sp³-hybridized carbons (Fsp3) is 0.500. The number of carbonyl (C=O) groups is 2. The van der Waals surface area contributed by atoms with Crippen molar-refractivity contribution in [2.45, 2.75) is 27.2 Å². The Hall–Kier alpha value is -1.36. The van der Waals surface area contributed by atoms with E-state index in [1.54, 1.807) is 0 Å². The summed E-state index contributed by atoms with van der Waals surface area (Å²) in [6.45, 7) is 6.07. The quantitative estimate of drug-likeness (QED) is 0.878. The van der Waals surface area contributed by atoms with Gasteiger partial charge in [-0.05, 0) is 31.9 Å². The molecular weight excluding hydrogens is 238 g/mol. The lowest BCUT2D eigenvalue weighted by Gasteiger charge is -2.18. The number of carbonyl (C=O) groups excluding carboxylic acids is 1. The summed E-state index contributed by atoms with van der Waals surface area (Å²) in [5.74, 6) is -1.16. The van der Waals surface area contributed by atoms with Crippen LogP contribution in [0.3, 0.4) is 0 Å². The molecule has 0 aromatic carbocycles. The minimum absolute atomic E-state index is 0.185. The zero-order valence-corrected chi connectivity index (χ0v) is 11.1. The highest BCUT2D eigenvalue weighted by Crippen LogP contribution is 2.22. The van der Waals surface area contributed by atoms with Gasteiger partial charge in [0.25, 0.3) is 5.91 Å². The van der Waals surface area contributed by atoms with E-state index in [2.05, 4.69) is 0 Å². The molecule has 0 fully saturated rings. The van der Waals surface area contributed by atoms with Crippen LogP contribution >= 0.6 is 11.3 Å². The van der Waals surface area contributed by atoms with Crippen molar-refractivity contribution in [1.82, 2.24) is 4.90 Å². The first-order chi connectivity index (χ1) is 7.95. The van der Waals surface area contributed by atoms with Crippen molar-refractivity contribution >= 4 is 23.2 Å². The SMILES string of the molecule is CCCN(CC(=O)O)C(=O)c1cc(C)c(C)s1. The van der Waals surface area contributed by atoms with Gasteiger partial charge in [0.05, 0.1) is 4.88 Å². The van der Waals surface area contributed by atoms with Gasteiger partial charge in [-0.15, -0.1) is 11.3 Å². The van der Waals surface area contributed by atoms with Gasteiger partial charge in [0.2, 0.25) is 0 Å². The molecule has 0 saturated carbocycles. The predicted molar refractivity (Wildman–Crippen MR) is 67.6 cm³/mol. The number of hydrogen-bond donors (Lipinski definition) is 1. The number of hydrogen-bond acceptors (Lipinski definition) is 3. The first-order valence-corrected chi connectivity index (χ1v) is 6.35. The Morgan fingerprint density at radius 2 is 2.06 bits per heavy atom. The van der Waals surface area contributed by atoms with Gasteiger partial charge in [-0.2, -0.15) is 0 Å². The van der Waals surface area contributed by atoms with E-state index >= 15 is 0 Å². The van der Waals surface area contributed by atoms with Gasteiger partial charge in [-0.3, -0.25) is 9.59 Å². The molecule has 1 aromatic rings. The van der Waals surface area contributed by atoms with E-state index in [9.17, 15) is 9.59 Å². The molecule has 4 nitrogen and oxygen atoms in total. The third kappa shape index (κ3) is 3.56. The minimum Gasteiger partial charge on any atom is -0.480 e. The number of aliphatic carboxylic acids is 1. The third-order valence-corrected chi connectivity index (χ3v) is 3.62. The van der Waals surface area contributed by atoms with Crippen molar-refractivity contribution in [1.29, 1.82) is 0 Å². The number of amides is 1. The first kappa shape index (κ1) is 13.7. The summed E-state index contributed by atoms with van der Waals surface area (Å²) in [4.78, 5) is 25.9. The summed E-state index contributed by atoms with van der Waals surface area (Å²) >= 11 is 1.42. The number of rotatable bonds is 5. The van der Waals surface area contributed by atoms with Crippen molar-refractivity contribution in [2.24, 2.45) is 0 Å². The normalized spacial score (nSPS) is 10.3.